The number of aromatic hydroxyl groups is 1. The SMILES string of the molecule is O=C(CCCOCCO)Oc1ccccc1O. The first-order valence-electron chi connectivity index (χ1n) is 5.41. The molecule has 0 spiro atoms. The van der Waals surface area contributed by atoms with Crippen molar-refractivity contribution < 1.29 is 24.5 Å². The first kappa shape index (κ1) is 13.5. The van der Waals surface area contributed by atoms with Gasteiger partial charge < -0.3 is 19.7 Å². The van der Waals surface area contributed by atoms with Crippen molar-refractivity contribution in [3.63, 3.8) is 0 Å². The number of para-hydroxylation sites is 2. The molecule has 0 radical (unpaired) electrons. The Bertz CT molecular complexity index is 351. The van der Waals surface area contributed by atoms with Gasteiger partial charge in [-0.15, -0.1) is 0 Å². The van der Waals surface area contributed by atoms with Crippen molar-refractivity contribution in [3.8, 4) is 11.5 Å². The Morgan fingerprint density at radius 3 is 2.71 bits per heavy atom. The molecule has 2 N–H and O–H groups in total. The van der Waals surface area contributed by atoms with Gasteiger partial charge in [0.25, 0.3) is 0 Å². The van der Waals surface area contributed by atoms with Crippen LogP contribution in [0, 0.1) is 0 Å². The quantitative estimate of drug-likeness (QED) is 0.424. The number of hydrogen-bond donors (Lipinski definition) is 2. The van der Waals surface area contributed by atoms with E-state index < -0.39 is 5.97 Å². The molecule has 0 heterocycles. The van der Waals surface area contributed by atoms with Crippen LogP contribution in [0.4, 0.5) is 0 Å². The molecule has 0 aliphatic carbocycles. The lowest BCUT2D eigenvalue weighted by molar-refractivity contribution is -0.134. The minimum absolute atomic E-state index is 0.0255. The largest absolute Gasteiger partial charge is 0.504 e. The standard InChI is InChI=1S/C12H16O5/c13-7-9-16-8-3-6-12(15)17-11-5-2-1-4-10(11)14/h1-2,4-5,13-14H,3,6-9H2. The molecule has 0 aromatic heterocycles. The number of phenolic OH excluding ortho intramolecular Hbond substituents is 1. The lowest BCUT2D eigenvalue weighted by atomic mass is 10.3. The Morgan fingerprint density at radius 2 is 2.00 bits per heavy atom. The van der Waals surface area contributed by atoms with E-state index in [0.29, 0.717) is 13.0 Å². The zero-order valence-electron chi connectivity index (χ0n) is 9.46. The monoisotopic (exact) mass is 240 g/mol. The molecule has 0 unspecified atom stereocenters. The predicted octanol–water partition coefficient (Wildman–Crippen LogP) is 1.09. The van der Waals surface area contributed by atoms with Gasteiger partial charge in [0.05, 0.1) is 13.2 Å². The third-order valence-corrected chi connectivity index (χ3v) is 1.99. The molecule has 1 aromatic rings. The third kappa shape index (κ3) is 5.33. The van der Waals surface area contributed by atoms with E-state index in [9.17, 15) is 9.90 Å². The Hall–Kier alpha value is -1.59. The van der Waals surface area contributed by atoms with Crippen molar-refractivity contribution in [1.82, 2.24) is 0 Å². The molecular formula is C12H16O5. The smallest absolute Gasteiger partial charge is 0.311 e. The van der Waals surface area contributed by atoms with Gasteiger partial charge in [0.1, 0.15) is 0 Å². The van der Waals surface area contributed by atoms with Crippen LogP contribution in [-0.2, 0) is 9.53 Å². The summed E-state index contributed by atoms with van der Waals surface area (Å²) in [5.41, 5.74) is 0. The van der Waals surface area contributed by atoms with E-state index in [1.54, 1.807) is 12.1 Å². The van der Waals surface area contributed by atoms with Gasteiger partial charge in [-0.05, 0) is 18.6 Å². The van der Waals surface area contributed by atoms with Crippen molar-refractivity contribution in [3.05, 3.63) is 24.3 Å². The summed E-state index contributed by atoms with van der Waals surface area (Å²) in [6.07, 6.45) is 0.728. The van der Waals surface area contributed by atoms with Crippen LogP contribution in [0.3, 0.4) is 0 Å². The van der Waals surface area contributed by atoms with Crippen molar-refractivity contribution in [1.29, 1.82) is 0 Å². The molecule has 0 bridgehead atoms. The van der Waals surface area contributed by atoms with Gasteiger partial charge in [-0.3, -0.25) is 4.79 Å². The lowest BCUT2D eigenvalue weighted by Gasteiger charge is -2.05. The molecule has 0 aliphatic heterocycles. The molecule has 0 fully saturated rings. The maximum absolute atomic E-state index is 11.4. The topological polar surface area (TPSA) is 76.0 Å². The number of hydrogen-bond acceptors (Lipinski definition) is 5. The summed E-state index contributed by atoms with van der Waals surface area (Å²) in [5.74, 6) is -0.315. The fourth-order valence-corrected chi connectivity index (χ4v) is 1.20. The molecule has 0 saturated carbocycles. The van der Waals surface area contributed by atoms with E-state index in [-0.39, 0.29) is 31.1 Å². The van der Waals surface area contributed by atoms with E-state index in [2.05, 4.69) is 0 Å². The highest BCUT2D eigenvalue weighted by atomic mass is 16.5. The Kier molecular flexibility index (Phi) is 6.06. The number of rotatable bonds is 7. The maximum atomic E-state index is 11.4. The van der Waals surface area contributed by atoms with Gasteiger partial charge in [-0.25, -0.2) is 0 Å². The Balaban J connectivity index is 2.23. The van der Waals surface area contributed by atoms with E-state index in [0.717, 1.165) is 0 Å². The van der Waals surface area contributed by atoms with Crippen molar-refractivity contribution >= 4 is 5.97 Å². The number of esters is 1. The van der Waals surface area contributed by atoms with Crippen molar-refractivity contribution in [2.24, 2.45) is 0 Å². The second kappa shape index (κ2) is 7.65. The minimum atomic E-state index is -0.418. The van der Waals surface area contributed by atoms with Crippen molar-refractivity contribution in [2.45, 2.75) is 12.8 Å². The Labute approximate surface area is 99.6 Å². The van der Waals surface area contributed by atoms with E-state index in [1.165, 1.54) is 12.1 Å². The van der Waals surface area contributed by atoms with Gasteiger partial charge in [-0.2, -0.15) is 0 Å². The highest BCUT2D eigenvalue weighted by Gasteiger charge is 2.07. The van der Waals surface area contributed by atoms with Crippen LogP contribution in [0.2, 0.25) is 0 Å². The molecule has 0 amide bonds. The highest BCUT2D eigenvalue weighted by Crippen LogP contribution is 2.24. The first-order chi connectivity index (χ1) is 8.24. The molecule has 0 aliphatic rings. The van der Waals surface area contributed by atoms with Gasteiger partial charge in [-0.1, -0.05) is 12.1 Å². The van der Waals surface area contributed by atoms with Gasteiger partial charge in [0.15, 0.2) is 11.5 Å². The van der Waals surface area contributed by atoms with E-state index >= 15 is 0 Å². The molecular weight excluding hydrogens is 224 g/mol. The summed E-state index contributed by atoms with van der Waals surface area (Å²) in [6, 6.07) is 6.30. The van der Waals surface area contributed by atoms with Crippen LogP contribution in [0.5, 0.6) is 11.5 Å². The summed E-state index contributed by atoms with van der Waals surface area (Å²) >= 11 is 0. The minimum Gasteiger partial charge on any atom is -0.504 e. The molecule has 1 rings (SSSR count). The Morgan fingerprint density at radius 1 is 1.24 bits per heavy atom. The number of phenols is 1. The number of aliphatic hydroxyl groups excluding tert-OH is 1. The average molecular weight is 240 g/mol. The zero-order valence-corrected chi connectivity index (χ0v) is 9.46. The molecule has 5 nitrogen and oxygen atoms in total. The zero-order chi connectivity index (χ0) is 12.5. The third-order valence-electron chi connectivity index (χ3n) is 1.99. The van der Waals surface area contributed by atoms with Gasteiger partial charge in [0.2, 0.25) is 0 Å². The molecule has 0 saturated heterocycles. The number of benzene rings is 1. The van der Waals surface area contributed by atoms with Gasteiger partial charge in [0, 0.05) is 13.0 Å². The second-order valence-corrected chi connectivity index (χ2v) is 3.38. The summed E-state index contributed by atoms with van der Waals surface area (Å²) in [6.45, 7) is 0.646. The molecule has 94 valence electrons. The normalized spacial score (nSPS) is 10.2. The van der Waals surface area contributed by atoms with Crippen LogP contribution in [0.15, 0.2) is 24.3 Å². The van der Waals surface area contributed by atoms with Crippen LogP contribution in [0.1, 0.15) is 12.8 Å². The second-order valence-electron chi connectivity index (χ2n) is 3.38. The summed E-state index contributed by atoms with van der Waals surface area (Å²) in [5, 5.41) is 17.8. The van der Waals surface area contributed by atoms with Crippen LogP contribution in [-0.4, -0.2) is 36.0 Å². The highest BCUT2D eigenvalue weighted by molar-refractivity contribution is 5.73. The molecule has 1 aromatic carbocycles. The molecule has 0 atom stereocenters. The number of carbonyl (C=O) groups excluding carboxylic acids is 1. The molecule has 5 heteroatoms. The van der Waals surface area contributed by atoms with Crippen molar-refractivity contribution in [2.75, 3.05) is 19.8 Å². The number of aliphatic hydroxyl groups is 1. The predicted molar refractivity (Wildman–Crippen MR) is 60.9 cm³/mol. The number of ether oxygens (including phenoxy) is 2. The van der Waals surface area contributed by atoms with E-state index in [4.69, 9.17) is 14.6 Å². The maximum Gasteiger partial charge on any atom is 0.311 e. The van der Waals surface area contributed by atoms with Crippen LogP contribution >= 0.6 is 0 Å². The fraction of sp³-hybridized carbons (Fsp3) is 0.417. The summed E-state index contributed by atoms with van der Waals surface area (Å²) < 4.78 is 9.96. The van der Waals surface area contributed by atoms with E-state index in [1.807, 2.05) is 0 Å². The molecule has 17 heavy (non-hydrogen) atoms. The number of carbonyl (C=O) groups is 1. The fourth-order valence-electron chi connectivity index (χ4n) is 1.20. The van der Waals surface area contributed by atoms with Crippen LogP contribution in [0.25, 0.3) is 0 Å². The first-order valence-corrected chi connectivity index (χ1v) is 5.41. The summed E-state index contributed by atoms with van der Waals surface area (Å²) in [7, 11) is 0. The summed E-state index contributed by atoms with van der Waals surface area (Å²) in [4.78, 5) is 11.4. The average Bonchev–Trinajstić information content (AvgIpc) is 2.32. The van der Waals surface area contributed by atoms with Crippen LogP contribution < -0.4 is 4.74 Å². The van der Waals surface area contributed by atoms with Gasteiger partial charge >= 0.3 is 5.97 Å². The lowest BCUT2D eigenvalue weighted by Crippen LogP contribution is -2.10.